The highest BCUT2D eigenvalue weighted by Crippen LogP contribution is 2.53. The second kappa shape index (κ2) is 14.3. The van der Waals surface area contributed by atoms with Crippen LogP contribution in [0.25, 0.3) is 82.4 Å². The molecule has 0 bridgehead atoms. The van der Waals surface area contributed by atoms with Crippen LogP contribution in [-0.2, 0) is 5.41 Å². The van der Waals surface area contributed by atoms with Gasteiger partial charge in [0.05, 0.1) is 16.7 Å². The van der Waals surface area contributed by atoms with Crippen LogP contribution in [0.3, 0.4) is 0 Å². The van der Waals surface area contributed by atoms with Gasteiger partial charge in [-0.15, -0.1) is 0 Å². The van der Waals surface area contributed by atoms with E-state index < -0.39 is 0 Å². The summed E-state index contributed by atoms with van der Waals surface area (Å²) in [6, 6.07) is 77.7. The van der Waals surface area contributed by atoms with Crippen molar-refractivity contribution in [2.45, 2.75) is 39.0 Å². The predicted octanol–water partition coefficient (Wildman–Crippen LogP) is 16.5. The smallest absolute Gasteiger partial charge is 0.0618 e. The second-order valence-electron chi connectivity index (χ2n) is 18.2. The Morgan fingerprint density at radius 2 is 0.952 bits per heavy atom. The Morgan fingerprint density at radius 1 is 0.397 bits per heavy atom. The topological polar surface area (TPSA) is 4.93 Å². The molecule has 1 unspecified atom stereocenters. The standard InChI is InChI=1S/C62H47N/c1-39-15-11-20-43(35-39)49-25-14-26-50(44-21-12-16-40(2)36-44)61(49)63-57-28-10-9-24-52(57)53-33-31-46(38-58(53)63)59(54-27-13-19-41-17-5-7-22-47(41)54)45-30-32-51-55-34-29-42-18-6-8-23-48(42)60(55)62(3,4)56(51)37-45/h5-38,59H,1-4H3. The lowest BCUT2D eigenvalue weighted by molar-refractivity contribution is 0.664. The van der Waals surface area contributed by atoms with E-state index in [0.29, 0.717) is 0 Å². The van der Waals surface area contributed by atoms with Crippen molar-refractivity contribution in [1.82, 2.24) is 4.57 Å². The highest BCUT2D eigenvalue weighted by Gasteiger charge is 2.38. The number of nitrogens with zero attached hydrogens (tertiary/aromatic N) is 1. The van der Waals surface area contributed by atoms with E-state index >= 15 is 0 Å². The summed E-state index contributed by atoms with van der Waals surface area (Å²) >= 11 is 0. The molecule has 11 aromatic rings. The van der Waals surface area contributed by atoms with Crippen LogP contribution >= 0.6 is 0 Å². The summed E-state index contributed by atoms with van der Waals surface area (Å²) in [4.78, 5) is 0. The molecule has 1 nitrogen and oxygen atoms in total. The summed E-state index contributed by atoms with van der Waals surface area (Å²) < 4.78 is 2.57. The SMILES string of the molecule is Cc1cccc(-c2cccc(-c3cccc(C)c3)c2-n2c3ccccc3c3ccc(C(c4ccc5c(c4)C(C)(C)c4c-5ccc5ccccc45)c4cccc5ccccc45)cc32)c1. The van der Waals surface area contributed by atoms with Gasteiger partial charge in [-0.3, -0.25) is 0 Å². The molecule has 12 rings (SSSR count). The number of rotatable bonds is 6. The number of hydrogen-bond donors (Lipinski definition) is 0. The van der Waals surface area contributed by atoms with Gasteiger partial charge in [-0.25, -0.2) is 0 Å². The van der Waals surface area contributed by atoms with E-state index in [2.05, 4.69) is 239 Å². The molecule has 0 aliphatic heterocycles. The minimum absolute atomic E-state index is 0.0308. The first-order valence-corrected chi connectivity index (χ1v) is 22.3. The fourth-order valence-corrected chi connectivity index (χ4v) is 11.1. The lowest BCUT2D eigenvalue weighted by Gasteiger charge is -2.26. The van der Waals surface area contributed by atoms with E-state index in [-0.39, 0.29) is 11.3 Å². The Morgan fingerprint density at radius 3 is 1.68 bits per heavy atom. The number of hydrogen-bond acceptors (Lipinski definition) is 0. The molecule has 1 aliphatic carbocycles. The zero-order valence-electron chi connectivity index (χ0n) is 36.2. The molecule has 1 heteroatoms. The maximum atomic E-state index is 2.57. The third-order valence-corrected chi connectivity index (χ3v) is 14.0. The van der Waals surface area contributed by atoms with Gasteiger partial charge in [0.15, 0.2) is 0 Å². The monoisotopic (exact) mass is 805 g/mol. The summed E-state index contributed by atoms with van der Waals surface area (Å²) in [6.45, 7) is 9.22. The first kappa shape index (κ1) is 37.3. The van der Waals surface area contributed by atoms with Crippen molar-refractivity contribution in [2.75, 3.05) is 0 Å². The summed E-state index contributed by atoms with van der Waals surface area (Å²) in [5.74, 6) is -0.0308. The van der Waals surface area contributed by atoms with Gasteiger partial charge in [0.1, 0.15) is 0 Å². The number of aromatic nitrogens is 1. The minimum Gasteiger partial charge on any atom is -0.308 e. The van der Waals surface area contributed by atoms with Crippen LogP contribution in [-0.4, -0.2) is 4.57 Å². The Labute approximate surface area is 369 Å². The molecule has 0 fully saturated rings. The molecule has 1 heterocycles. The maximum Gasteiger partial charge on any atom is 0.0618 e. The summed E-state index contributed by atoms with van der Waals surface area (Å²) in [6.07, 6.45) is 0. The van der Waals surface area contributed by atoms with Crippen LogP contribution in [0.15, 0.2) is 206 Å². The molecule has 1 aliphatic rings. The molecule has 0 saturated heterocycles. The van der Waals surface area contributed by atoms with E-state index in [4.69, 9.17) is 0 Å². The van der Waals surface area contributed by atoms with E-state index in [1.807, 2.05) is 0 Å². The third-order valence-electron chi connectivity index (χ3n) is 14.0. The van der Waals surface area contributed by atoms with Crippen LogP contribution in [0, 0.1) is 13.8 Å². The van der Waals surface area contributed by atoms with Crippen molar-refractivity contribution in [3.8, 4) is 39.1 Å². The summed E-state index contributed by atoms with van der Waals surface area (Å²) in [7, 11) is 0. The van der Waals surface area contributed by atoms with Crippen LogP contribution in [0.1, 0.15) is 58.7 Å². The molecule has 0 saturated carbocycles. The van der Waals surface area contributed by atoms with Gasteiger partial charge >= 0.3 is 0 Å². The minimum atomic E-state index is -0.174. The zero-order chi connectivity index (χ0) is 42.4. The van der Waals surface area contributed by atoms with Crippen molar-refractivity contribution >= 4 is 43.4 Å². The van der Waals surface area contributed by atoms with Gasteiger partial charge < -0.3 is 4.57 Å². The van der Waals surface area contributed by atoms with Gasteiger partial charge in [0.2, 0.25) is 0 Å². The fraction of sp³-hybridized carbons (Fsp3) is 0.0968. The van der Waals surface area contributed by atoms with E-state index in [0.717, 1.165) is 0 Å². The fourth-order valence-electron chi connectivity index (χ4n) is 11.1. The molecule has 0 spiro atoms. The van der Waals surface area contributed by atoms with Crippen molar-refractivity contribution in [3.63, 3.8) is 0 Å². The normalized spacial score (nSPS) is 13.5. The third kappa shape index (κ3) is 5.84. The van der Waals surface area contributed by atoms with Crippen molar-refractivity contribution in [3.05, 3.63) is 245 Å². The van der Waals surface area contributed by atoms with Crippen molar-refractivity contribution in [2.24, 2.45) is 0 Å². The van der Waals surface area contributed by atoms with Gasteiger partial charge in [0, 0.05) is 33.2 Å². The maximum absolute atomic E-state index is 2.57. The van der Waals surface area contributed by atoms with Crippen molar-refractivity contribution < 1.29 is 0 Å². The van der Waals surface area contributed by atoms with Gasteiger partial charge in [0.25, 0.3) is 0 Å². The lowest BCUT2D eigenvalue weighted by atomic mass is 9.77. The first-order chi connectivity index (χ1) is 30.8. The Bertz CT molecular complexity index is 3560. The predicted molar refractivity (Wildman–Crippen MR) is 268 cm³/mol. The number of aryl methyl sites for hydroxylation is 2. The number of fused-ring (bicyclic) bond motifs is 9. The molecule has 10 aromatic carbocycles. The van der Waals surface area contributed by atoms with Gasteiger partial charge in [-0.2, -0.15) is 0 Å². The first-order valence-electron chi connectivity index (χ1n) is 22.3. The molecule has 63 heavy (non-hydrogen) atoms. The highest BCUT2D eigenvalue weighted by atomic mass is 15.0. The number of para-hydroxylation sites is 2. The van der Waals surface area contributed by atoms with Crippen molar-refractivity contribution in [1.29, 1.82) is 0 Å². The van der Waals surface area contributed by atoms with Gasteiger partial charge in [-0.1, -0.05) is 219 Å². The second-order valence-corrected chi connectivity index (χ2v) is 18.2. The van der Waals surface area contributed by atoms with Crippen LogP contribution in [0.4, 0.5) is 0 Å². The summed E-state index contributed by atoms with van der Waals surface area (Å²) in [5, 5.41) is 7.68. The molecule has 0 N–H and O–H groups in total. The molecule has 0 radical (unpaired) electrons. The largest absolute Gasteiger partial charge is 0.308 e. The molecular formula is C62H47N. The van der Waals surface area contributed by atoms with E-state index in [1.165, 1.54) is 121 Å². The lowest BCUT2D eigenvalue weighted by Crippen LogP contribution is -2.16. The van der Waals surface area contributed by atoms with Crippen LogP contribution in [0.2, 0.25) is 0 Å². The van der Waals surface area contributed by atoms with E-state index in [9.17, 15) is 0 Å². The quantitative estimate of drug-likeness (QED) is 0.148. The molecular weight excluding hydrogens is 759 g/mol. The molecule has 0 amide bonds. The Hall–Kier alpha value is -7.48. The molecule has 1 atom stereocenters. The van der Waals surface area contributed by atoms with E-state index in [1.54, 1.807) is 0 Å². The number of benzene rings is 10. The van der Waals surface area contributed by atoms with Gasteiger partial charge in [-0.05, 0) is 97.6 Å². The van der Waals surface area contributed by atoms with Crippen LogP contribution in [0.5, 0.6) is 0 Å². The highest BCUT2D eigenvalue weighted by molar-refractivity contribution is 6.11. The molecule has 300 valence electrons. The average molecular weight is 806 g/mol. The average Bonchev–Trinajstić information content (AvgIpc) is 3.76. The molecule has 1 aromatic heterocycles. The zero-order valence-corrected chi connectivity index (χ0v) is 36.2. The summed E-state index contributed by atoms with van der Waals surface area (Å²) in [5.41, 5.74) is 20.2. The Kier molecular flexibility index (Phi) is 8.46. The van der Waals surface area contributed by atoms with Crippen LogP contribution < -0.4 is 0 Å². The Balaban J connectivity index is 1.14.